The Hall–Kier alpha value is -2.33. The third kappa shape index (κ3) is 4.83. The first-order valence-electron chi connectivity index (χ1n) is 8.29. The fraction of sp³-hybridized carbons (Fsp3) is 0.238. The van der Waals surface area contributed by atoms with Crippen molar-refractivity contribution < 1.29 is 4.74 Å². The molecule has 2 aromatic carbocycles. The molecule has 0 spiro atoms. The van der Waals surface area contributed by atoms with Crippen LogP contribution >= 0.6 is 11.8 Å². The van der Waals surface area contributed by atoms with Gasteiger partial charge in [-0.3, -0.25) is 0 Å². The quantitative estimate of drug-likeness (QED) is 0.430. The van der Waals surface area contributed by atoms with Crippen LogP contribution < -0.4 is 4.74 Å². The average molecular weight is 350 g/mol. The first-order chi connectivity index (χ1) is 12.0. The van der Waals surface area contributed by atoms with Gasteiger partial charge in [-0.15, -0.1) is 0 Å². The number of benzene rings is 2. The molecule has 25 heavy (non-hydrogen) atoms. The van der Waals surface area contributed by atoms with Crippen LogP contribution in [0.3, 0.4) is 0 Å². The Morgan fingerprint density at radius 3 is 2.44 bits per heavy atom. The van der Waals surface area contributed by atoms with Crippen molar-refractivity contribution in [3.05, 3.63) is 76.5 Å². The van der Waals surface area contributed by atoms with Gasteiger partial charge in [0.2, 0.25) is 5.88 Å². The topological polar surface area (TPSA) is 35.0 Å². The fourth-order valence-corrected chi connectivity index (χ4v) is 3.44. The van der Waals surface area contributed by atoms with Crippen molar-refractivity contribution in [2.75, 3.05) is 0 Å². The van der Waals surface area contributed by atoms with Crippen LogP contribution in [0.5, 0.6) is 11.6 Å². The zero-order chi connectivity index (χ0) is 17.8. The van der Waals surface area contributed by atoms with Gasteiger partial charge in [-0.05, 0) is 44.9 Å². The normalized spacial score (nSPS) is 10.7. The van der Waals surface area contributed by atoms with E-state index in [9.17, 15) is 0 Å². The van der Waals surface area contributed by atoms with E-state index in [1.54, 1.807) is 11.8 Å². The summed E-state index contributed by atoms with van der Waals surface area (Å²) in [5, 5.41) is 0.737. The van der Waals surface area contributed by atoms with Gasteiger partial charge < -0.3 is 4.74 Å². The number of aromatic nitrogens is 2. The number of aryl methyl sites for hydroxylation is 4. The molecule has 3 nitrogen and oxygen atoms in total. The predicted molar refractivity (Wildman–Crippen MR) is 103 cm³/mol. The van der Waals surface area contributed by atoms with Crippen LogP contribution in [0.2, 0.25) is 0 Å². The third-order valence-corrected chi connectivity index (χ3v) is 4.72. The number of ether oxygens (including phenoxy) is 1. The minimum Gasteiger partial charge on any atom is -0.439 e. The van der Waals surface area contributed by atoms with Gasteiger partial charge in [-0.2, -0.15) is 4.98 Å². The number of hydrogen-bond acceptors (Lipinski definition) is 4. The van der Waals surface area contributed by atoms with E-state index in [4.69, 9.17) is 4.74 Å². The molecule has 0 aliphatic heterocycles. The molecule has 0 fully saturated rings. The predicted octanol–water partition coefficient (Wildman–Crippen LogP) is 5.79. The fourth-order valence-electron chi connectivity index (χ4n) is 2.61. The molecule has 0 unspecified atom stereocenters. The van der Waals surface area contributed by atoms with Gasteiger partial charge in [0.05, 0.1) is 0 Å². The minimum absolute atomic E-state index is 0.589. The first kappa shape index (κ1) is 17.5. The van der Waals surface area contributed by atoms with Gasteiger partial charge >= 0.3 is 0 Å². The summed E-state index contributed by atoms with van der Waals surface area (Å²) in [4.78, 5) is 9.08. The van der Waals surface area contributed by atoms with E-state index >= 15 is 0 Å². The maximum atomic E-state index is 5.99. The molecule has 0 bridgehead atoms. The highest BCUT2D eigenvalue weighted by atomic mass is 32.2. The van der Waals surface area contributed by atoms with Crippen molar-refractivity contribution in [3.63, 3.8) is 0 Å². The Labute approximate surface area is 153 Å². The lowest BCUT2D eigenvalue weighted by Crippen LogP contribution is -1.96. The van der Waals surface area contributed by atoms with Gasteiger partial charge in [0.15, 0.2) is 5.16 Å². The van der Waals surface area contributed by atoms with Crippen molar-refractivity contribution in [2.45, 2.75) is 38.6 Å². The van der Waals surface area contributed by atoms with Crippen LogP contribution in [-0.4, -0.2) is 9.97 Å². The van der Waals surface area contributed by atoms with Crippen LogP contribution in [0.1, 0.15) is 27.9 Å². The van der Waals surface area contributed by atoms with Gasteiger partial charge in [0.25, 0.3) is 0 Å². The molecule has 0 atom stereocenters. The van der Waals surface area contributed by atoms with E-state index in [2.05, 4.69) is 54.1 Å². The van der Waals surface area contributed by atoms with Crippen LogP contribution in [0.4, 0.5) is 0 Å². The highest BCUT2D eigenvalue weighted by molar-refractivity contribution is 7.98. The lowest BCUT2D eigenvalue weighted by molar-refractivity contribution is 0.451. The van der Waals surface area contributed by atoms with Crippen LogP contribution in [0.25, 0.3) is 0 Å². The van der Waals surface area contributed by atoms with E-state index in [-0.39, 0.29) is 0 Å². The third-order valence-electron chi connectivity index (χ3n) is 3.81. The van der Waals surface area contributed by atoms with Crippen LogP contribution in [0.15, 0.2) is 53.7 Å². The van der Waals surface area contributed by atoms with Crippen molar-refractivity contribution in [3.8, 4) is 11.6 Å². The standard InChI is InChI=1S/C21H22N2OS/c1-14-6-5-7-18(11-14)13-25-21-22-17(4)12-20(23-21)24-19-9-8-15(2)10-16(19)3/h5-12H,13H2,1-4H3. The summed E-state index contributed by atoms with van der Waals surface area (Å²) in [6.45, 7) is 8.19. The average Bonchev–Trinajstić information content (AvgIpc) is 2.55. The zero-order valence-corrected chi connectivity index (χ0v) is 15.9. The maximum Gasteiger partial charge on any atom is 0.223 e. The molecule has 0 saturated carbocycles. The van der Waals surface area contributed by atoms with Crippen LogP contribution in [0, 0.1) is 27.7 Å². The lowest BCUT2D eigenvalue weighted by Gasteiger charge is -2.10. The Balaban J connectivity index is 1.76. The Morgan fingerprint density at radius 1 is 0.880 bits per heavy atom. The van der Waals surface area contributed by atoms with E-state index in [0.29, 0.717) is 5.88 Å². The molecule has 0 radical (unpaired) electrons. The minimum atomic E-state index is 0.589. The van der Waals surface area contributed by atoms with E-state index in [0.717, 1.165) is 27.9 Å². The second kappa shape index (κ2) is 7.70. The Morgan fingerprint density at radius 2 is 1.68 bits per heavy atom. The molecule has 1 aromatic heterocycles. The van der Waals surface area contributed by atoms with Crippen molar-refractivity contribution in [1.82, 2.24) is 9.97 Å². The molecular formula is C21H22N2OS. The van der Waals surface area contributed by atoms with Gasteiger partial charge in [0, 0.05) is 17.5 Å². The Kier molecular flexibility index (Phi) is 5.39. The lowest BCUT2D eigenvalue weighted by atomic mass is 10.1. The number of hydrogen-bond donors (Lipinski definition) is 0. The molecule has 4 heteroatoms. The summed E-state index contributed by atoms with van der Waals surface area (Å²) < 4.78 is 5.99. The summed E-state index contributed by atoms with van der Waals surface area (Å²) in [5.74, 6) is 2.26. The molecule has 3 rings (SSSR count). The second-order valence-corrected chi connectivity index (χ2v) is 7.22. The highest BCUT2D eigenvalue weighted by Gasteiger charge is 2.08. The van der Waals surface area contributed by atoms with E-state index in [1.807, 2.05) is 32.0 Å². The van der Waals surface area contributed by atoms with Crippen molar-refractivity contribution in [1.29, 1.82) is 0 Å². The van der Waals surface area contributed by atoms with Crippen molar-refractivity contribution >= 4 is 11.8 Å². The summed E-state index contributed by atoms with van der Waals surface area (Å²) in [7, 11) is 0. The molecule has 0 N–H and O–H groups in total. The summed E-state index contributed by atoms with van der Waals surface area (Å²) in [5.41, 5.74) is 5.76. The number of thioether (sulfide) groups is 1. The van der Waals surface area contributed by atoms with Gasteiger partial charge in [-0.25, -0.2) is 4.98 Å². The number of rotatable bonds is 5. The summed E-state index contributed by atoms with van der Waals surface area (Å²) in [6.07, 6.45) is 0. The summed E-state index contributed by atoms with van der Waals surface area (Å²) >= 11 is 1.63. The summed E-state index contributed by atoms with van der Waals surface area (Å²) in [6, 6.07) is 16.5. The Bertz CT molecular complexity index is 893. The SMILES string of the molecule is Cc1cccc(CSc2nc(C)cc(Oc3ccc(C)cc3C)n2)c1. The molecular weight excluding hydrogens is 328 g/mol. The van der Waals surface area contributed by atoms with Gasteiger partial charge in [0.1, 0.15) is 5.75 Å². The molecule has 1 heterocycles. The van der Waals surface area contributed by atoms with Crippen molar-refractivity contribution in [2.24, 2.45) is 0 Å². The van der Waals surface area contributed by atoms with E-state index < -0.39 is 0 Å². The second-order valence-electron chi connectivity index (χ2n) is 6.28. The molecule has 128 valence electrons. The molecule has 3 aromatic rings. The highest BCUT2D eigenvalue weighted by Crippen LogP contribution is 2.27. The molecule has 0 saturated heterocycles. The van der Waals surface area contributed by atoms with Gasteiger partial charge in [-0.1, -0.05) is 59.3 Å². The zero-order valence-electron chi connectivity index (χ0n) is 15.0. The monoisotopic (exact) mass is 350 g/mol. The smallest absolute Gasteiger partial charge is 0.223 e. The maximum absolute atomic E-state index is 5.99. The van der Waals surface area contributed by atoms with Crippen LogP contribution in [-0.2, 0) is 5.75 Å². The number of nitrogens with zero attached hydrogens (tertiary/aromatic N) is 2. The van der Waals surface area contributed by atoms with E-state index in [1.165, 1.54) is 16.7 Å². The first-order valence-corrected chi connectivity index (χ1v) is 9.27. The molecule has 0 aliphatic rings. The molecule has 0 amide bonds. The largest absolute Gasteiger partial charge is 0.439 e. The molecule has 0 aliphatic carbocycles.